The molecule has 1 aromatic carbocycles. The summed E-state index contributed by atoms with van der Waals surface area (Å²) in [7, 11) is 0. The number of aromatic nitrogens is 2. The Morgan fingerprint density at radius 2 is 2.00 bits per heavy atom. The molecule has 0 bridgehead atoms. The van der Waals surface area contributed by atoms with Gasteiger partial charge in [0.15, 0.2) is 6.10 Å². The van der Waals surface area contributed by atoms with Crippen LogP contribution in [0.25, 0.3) is 0 Å². The lowest BCUT2D eigenvalue weighted by atomic mass is 10.2. The van der Waals surface area contributed by atoms with E-state index >= 15 is 0 Å². The van der Waals surface area contributed by atoms with Gasteiger partial charge in [0.2, 0.25) is 0 Å². The first-order valence-corrected chi connectivity index (χ1v) is 9.34. The van der Waals surface area contributed by atoms with Gasteiger partial charge in [0, 0.05) is 18.2 Å². The van der Waals surface area contributed by atoms with Crippen molar-refractivity contribution in [3.63, 3.8) is 0 Å². The Kier molecular flexibility index (Phi) is 6.56. The Bertz CT molecular complexity index is 865. The Balaban J connectivity index is 2.08. The summed E-state index contributed by atoms with van der Waals surface area (Å²) < 4.78 is 6.77. The van der Waals surface area contributed by atoms with Crippen molar-refractivity contribution >= 4 is 35.1 Å². The van der Waals surface area contributed by atoms with Crippen molar-refractivity contribution in [2.24, 2.45) is 0 Å². The molecule has 10 heteroatoms. The molecule has 0 aliphatic carbocycles. The second-order valence-corrected chi connectivity index (χ2v) is 6.78. The lowest BCUT2D eigenvalue weighted by Crippen LogP contribution is -2.31. The lowest BCUT2D eigenvalue weighted by molar-refractivity contribution is -0.387. The summed E-state index contributed by atoms with van der Waals surface area (Å²) in [6.45, 7) is 5.25. The normalized spacial score (nSPS) is 11.9. The van der Waals surface area contributed by atoms with Crippen molar-refractivity contribution in [1.29, 1.82) is 0 Å². The van der Waals surface area contributed by atoms with Gasteiger partial charge in [-0.3, -0.25) is 14.9 Å². The number of carbonyl (C=O) groups is 2. The Morgan fingerprint density at radius 1 is 1.30 bits per heavy atom. The summed E-state index contributed by atoms with van der Waals surface area (Å²) in [6.07, 6.45) is 2.17. The summed E-state index contributed by atoms with van der Waals surface area (Å²) in [6, 6.07) is 5.73. The highest BCUT2D eigenvalue weighted by atomic mass is 32.2. The van der Waals surface area contributed by atoms with Crippen molar-refractivity contribution in [2.75, 3.05) is 11.6 Å². The van der Waals surface area contributed by atoms with E-state index in [4.69, 9.17) is 4.74 Å². The van der Waals surface area contributed by atoms with E-state index in [0.29, 0.717) is 10.7 Å². The maximum Gasteiger partial charge on any atom is 0.339 e. The first kappa shape index (κ1) is 20.4. The summed E-state index contributed by atoms with van der Waals surface area (Å²) in [5.74, 6) is -0.857. The minimum absolute atomic E-state index is 0.00590. The molecule has 0 aliphatic rings. The highest BCUT2D eigenvalue weighted by Gasteiger charge is 2.23. The van der Waals surface area contributed by atoms with Crippen LogP contribution >= 0.6 is 11.8 Å². The van der Waals surface area contributed by atoms with E-state index in [-0.39, 0.29) is 17.3 Å². The molecule has 0 fully saturated rings. The van der Waals surface area contributed by atoms with Crippen LogP contribution in [0.1, 0.15) is 37.2 Å². The maximum atomic E-state index is 12.3. The molecular formula is C17H20N4O5S. The number of rotatable bonds is 7. The van der Waals surface area contributed by atoms with E-state index in [1.807, 2.05) is 13.8 Å². The van der Waals surface area contributed by atoms with Crippen molar-refractivity contribution < 1.29 is 19.2 Å². The molecule has 0 saturated carbocycles. The van der Waals surface area contributed by atoms with Gasteiger partial charge in [0.05, 0.1) is 21.6 Å². The van der Waals surface area contributed by atoms with Crippen LogP contribution in [-0.2, 0) is 9.53 Å². The molecule has 1 N–H and O–H groups in total. The number of benzene rings is 1. The van der Waals surface area contributed by atoms with E-state index in [1.54, 1.807) is 23.2 Å². The first-order valence-electron chi connectivity index (χ1n) is 8.12. The van der Waals surface area contributed by atoms with Crippen LogP contribution in [0.3, 0.4) is 0 Å². The topological polar surface area (TPSA) is 116 Å². The van der Waals surface area contributed by atoms with Gasteiger partial charge in [-0.2, -0.15) is 5.10 Å². The smallest absolute Gasteiger partial charge is 0.339 e. The van der Waals surface area contributed by atoms with Gasteiger partial charge in [-0.1, -0.05) is 0 Å². The van der Waals surface area contributed by atoms with Gasteiger partial charge in [-0.15, -0.1) is 11.8 Å². The van der Waals surface area contributed by atoms with E-state index in [0.717, 1.165) is 6.07 Å². The Labute approximate surface area is 160 Å². The van der Waals surface area contributed by atoms with Crippen LogP contribution in [0.15, 0.2) is 35.4 Å². The van der Waals surface area contributed by atoms with Crippen molar-refractivity contribution in [1.82, 2.24) is 9.78 Å². The molecule has 2 aromatic rings. The van der Waals surface area contributed by atoms with Gasteiger partial charge >= 0.3 is 5.97 Å². The molecular weight excluding hydrogens is 372 g/mol. The number of esters is 1. The summed E-state index contributed by atoms with van der Waals surface area (Å²) >= 11 is 1.20. The molecule has 144 valence electrons. The number of anilines is 1. The van der Waals surface area contributed by atoms with Crippen molar-refractivity contribution in [2.45, 2.75) is 37.8 Å². The standard InChI is InChI=1S/C17H20N4O5S/c1-10(2)20-15(7-8-18-20)19-16(22)11(3)26-17(23)12-5-6-14(27-4)13(9-12)21(24)25/h5-11H,1-4H3,(H,19,22)/t11-/m1/s1. The fourth-order valence-corrected chi connectivity index (χ4v) is 2.84. The zero-order chi connectivity index (χ0) is 20.1. The van der Waals surface area contributed by atoms with Crippen LogP contribution < -0.4 is 5.32 Å². The third-order valence-corrected chi connectivity index (χ3v) is 4.46. The molecule has 27 heavy (non-hydrogen) atoms. The van der Waals surface area contributed by atoms with Crippen LogP contribution in [0.4, 0.5) is 11.5 Å². The molecule has 9 nitrogen and oxygen atoms in total. The van der Waals surface area contributed by atoms with Gasteiger partial charge in [-0.05, 0) is 39.2 Å². The molecule has 0 unspecified atom stereocenters. The molecule has 1 aromatic heterocycles. The number of nitro groups is 1. The molecule has 0 aliphatic heterocycles. The zero-order valence-electron chi connectivity index (χ0n) is 15.3. The number of hydrogen-bond acceptors (Lipinski definition) is 7. The highest BCUT2D eigenvalue weighted by Crippen LogP contribution is 2.28. The molecule has 1 atom stereocenters. The average Bonchev–Trinajstić information content (AvgIpc) is 3.09. The number of amides is 1. The third-order valence-electron chi connectivity index (χ3n) is 3.67. The van der Waals surface area contributed by atoms with Gasteiger partial charge in [0.25, 0.3) is 11.6 Å². The molecule has 0 spiro atoms. The second kappa shape index (κ2) is 8.67. The van der Waals surface area contributed by atoms with E-state index < -0.39 is 22.9 Å². The summed E-state index contributed by atoms with van der Waals surface area (Å²) in [5.41, 5.74) is -0.179. The van der Waals surface area contributed by atoms with Gasteiger partial charge in [-0.25, -0.2) is 9.48 Å². The molecule has 2 rings (SSSR count). The quantitative estimate of drug-likeness (QED) is 0.333. The van der Waals surface area contributed by atoms with E-state index in [1.165, 1.54) is 30.8 Å². The molecule has 1 amide bonds. The maximum absolute atomic E-state index is 12.3. The number of carbonyl (C=O) groups excluding carboxylic acids is 2. The number of nitro benzene ring substituents is 1. The number of nitrogens with zero attached hydrogens (tertiary/aromatic N) is 3. The Hall–Kier alpha value is -2.88. The largest absolute Gasteiger partial charge is 0.449 e. The molecule has 1 heterocycles. The Morgan fingerprint density at radius 3 is 2.59 bits per heavy atom. The van der Waals surface area contributed by atoms with Gasteiger partial charge < -0.3 is 10.1 Å². The van der Waals surface area contributed by atoms with E-state index in [9.17, 15) is 19.7 Å². The van der Waals surface area contributed by atoms with Crippen molar-refractivity contribution in [3.8, 4) is 0 Å². The fraction of sp³-hybridized carbons (Fsp3) is 0.353. The number of ether oxygens (including phenoxy) is 1. The second-order valence-electron chi connectivity index (χ2n) is 5.94. The van der Waals surface area contributed by atoms with Crippen LogP contribution in [0.2, 0.25) is 0 Å². The summed E-state index contributed by atoms with van der Waals surface area (Å²) in [4.78, 5) is 35.5. The SMILES string of the molecule is CSc1ccc(C(=O)O[C@H](C)C(=O)Nc2ccnn2C(C)C)cc1[N+](=O)[O-]. The van der Waals surface area contributed by atoms with Crippen LogP contribution in [0.5, 0.6) is 0 Å². The minimum atomic E-state index is -1.09. The number of nitrogens with one attached hydrogen (secondary N) is 1. The fourth-order valence-electron chi connectivity index (χ4n) is 2.29. The highest BCUT2D eigenvalue weighted by molar-refractivity contribution is 7.98. The lowest BCUT2D eigenvalue weighted by Gasteiger charge is -2.15. The number of thioether (sulfide) groups is 1. The van der Waals surface area contributed by atoms with E-state index in [2.05, 4.69) is 10.4 Å². The molecule has 0 saturated heterocycles. The molecule has 0 radical (unpaired) electrons. The monoisotopic (exact) mass is 392 g/mol. The third kappa shape index (κ3) is 4.85. The first-order chi connectivity index (χ1) is 12.7. The van der Waals surface area contributed by atoms with Gasteiger partial charge in [0.1, 0.15) is 5.82 Å². The van der Waals surface area contributed by atoms with Crippen molar-refractivity contribution in [3.05, 3.63) is 46.1 Å². The predicted molar refractivity (Wildman–Crippen MR) is 101 cm³/mol. The number of hydrogen-bond donors (Lipinski definition) is 1. The summed E-state index contributed by atoms with van der Waals surface area (Å²) in [5, 5.41) is 17.9. The predicted octanol–water partition coefficient (Wildman–Crippen LogP) is 3.28. The minimum Gasteiger partial charge on any atom is -0.449 e. The average molecular weight is 392 g/mol. The van der Waals surface area contributed by atoms with Crippen LogP contribution in [0, 0.1) is 10.1 Å². The van der Waals surface area contributed by atoms with Crippen LogP contribution in [-0.4, -0.2) is 38.9 Å². The zero-order valence-corrected chi connectivity index (χ0v) is 16.1.